The van der Waals surface area contributed by atoms with Gasteiger partial charge in [0.2, 0.25) is 0 Å². The Morgan fingerprint density at radius 1 is 1.03 bits per heavy atom. The quantitative estimate of drug-likeness (QED) is 0.239. The molecule has 3 aromatic carbocycles. The van der Waals surface area contributed by atoms with Gasteiger partial charge < -0.3 is 14.2 Å². The molecule has 1 N–H and O–H groups in total. The minimum absolute atomic E-state index is 0.321. The van der Waals surface area contributed by atoms with Crippen LogP contribution in [0.3, 0.4) is 0 Å². The smallest absolute Gasteiger partial charge is 0.261 e. The van der Waals surface area contributed by atoms with Crippen molar-refractivity contribution in [2.24, 2.45) is 5.10 Å². The monoisotopic (exact) mass is 477 g/mol. The molecular weight excluding hydrogens is 454 g/mol. The highest BCUT2D eigenvalue weighted by Gasteiger charge is 2.19. The third-order valence-corrected chi connectivity index (χ3v) is 4.86. The average Bonchev–Trinajstić information content (AvgIpc) is 2.85. The molecule has 0 aliphatic rings. The van der Waals surface area contributed by atoms with Crippen molar-refractivity contribution >= 4 is 23.7 Å². The Balaban J connectivity index is 1.56. The maximum atomic E-state index is 12.3. The molecular formula is C26H24ClN3O4. The summed E-state index contributed by atoms with van der Waals surface area (Å²) < 4.78 is 17.1. The number of hydrazone groups is 1. The number of rotatable bonds is 11. The number of hydrogen-bond donors (Lipinski definition) is 1. The zero-order valence-electron chi connectivity index (χ0n) is 18.6. The van der Waals surface area contributed by atoms with E-state index < -0.39 is 11.8 Å². The molecule has 0 fully saturated rings. The van der Waals surface area contributed by atoms with E-state index in [1.165, 1.54) is 6.21 Å². The van der Waals surface area contributed by atoms with Crippen LogP contribution in [0.25, 0.3) is 0 Å². The van der Waals surface area contributed by atoms with Crippen LogP contribution in [-0.2, 0) is 4.79 Å². The van der Waals surface area contributed by atoms with Gasteiger partial charge in [0.1, 0.15) is 19.0 Å². The number of amides is 1. The van der Waals surface area contributed by atoms with Gasteiger partial charge in [-0.1, -0.05) is 41.9 Å². The molecule has 0 radical (unpaired) electrons. The zero-order valence-corrected chi connectivity index (χ0v) is 19.4. The van der Waals surface area contributed by atoms with Crippen molar-refractivity contribution in [3.63, 3.8) is 0 Å². The maximum absolute atomic E-state index is 12.3. The Labute approximate surface area is 203 Å². The van der Waals surface area contributed by atoms with Gasteiger partial charge in [0.25, 0.3) is 5.91 Å². The molecule has 3 rings (SSSR count). The van der Waals surface area contributed by atoms with E-state index >= 15 is 0 Å². The summed E-state index contributed by atoms with van der Waals surface area (Å²) in [7, 11) is 0. The highest BCUT2D eigenvalue weighted by Crippen LogP contribution is 2.28. The number of ether oxygens (including phenoxy) is 3. The number of carbonyl (C=O) groups is 1. The first-order valence-corrected chi connectivity index (χ1v) is 11.0. The molecule has 1 atom stereocenters. The first kappa shape index (κ1) is 24.6. The second-order valence-electron chi connectivity index (χ2n) is 7.00. The number of hydrogen-bond acceptors (Lipinski definition) is 6. The van der Waals surface area contributed by atoms with Crippen LogP contribution < -0.4 is 19.6 Å². The molecule has 0 saturated heterocycles. The van der Waals surface area contributed by atoms with Crippen LogP contribution in [-0.4, -0.2) is 31.9 Å². The summed E-state index contributed by atoms with van der Waals surface area (Å²) in [6, 6.07) is 23.2. The minimum atomic E-state index is -0.941. The largest absolute Gasteiger partial charge is 0.490 e. The summed E-state index contributed by atoms with van der Waals surface area (Å²) in [6.07, 6.45) is 1.48. The van der Waals surface area contributed by atoms with E-state index in [-0.39, 0.29) is 0 Å². The minimum Gasteiger partial charge on any atom is -0.490 e. The van der Waals surface area contributed by atoms with Crippen LogP contribution in [0.15, 0.2) is 77.9 Å². The normalized spacial score (nSPS) is 11.4. The van der Waals surface area contributed by atoms with Crippen molar-refractivity contribution in [1.82, 2.24) is 5.43 Å². The Hall–Kier alpha value is -4.02. The Morgan fingerprint density at radius 3 is 2.47 bits per heavy atom. The molecule has 0 aliphatic heterocycles. The van der Waals surface area contributed by atoms with E-state index in [0.717, 1.165) is 0 Å². The highest BCUT2D eigenvalue weighted by molar-refractivity contribution is 6.30. The van der Waals surface area contributed by atoms with E-state index in [9.17, 15) is 10.1 Å². The van der Waals surface area contributed by atoms with Crippen molar-refractivity contribution in [3.8, 4) is 23.3 Å². The summed E-state index contributed by atoms with van der Waals surface area (Å²) in [6.45, 7) is 3.00. The van der Waals surface area contributed by atoms with E-state index in [1.807, 2.05) is 19.1 Å². The van der Waals surface area contributed by atoms with E-state index in [4.69, 9.17) is 25.8 Å². The molecule has 1 amide bonds. The standard InChI is InChI=1S/C26H24ClN3O4/c1-2-32-25-16-19(18-29-30-26(31)23(17-28)20-6-4-3-5-7-20)8-13-24(25)34-15-14-33-22-11-9-21(27)10-12-22/h3-13,16,18,23H,2,14-15H2,1H3,(H,30,31)/b29-18-/t23-/m0/s1. The van der Waals surface area contributed by atoms with Crippen LogP contribution in [0.1, 0.15) is 24.0 Å². The summed E-state index contributed by atoms with van der Waals surface area (Å²) in [5, 5.41) is 14.0. The lowest BCUT2D eigenvalue weighted by atomic mass is 10.0. The lowest BCUT2D eigenvalue weighted by Gasteiger charge is -2.13. The molecule has 3 aromatic rings. The maximum Gasteiger partial charge on any atom is 0.261 e. The first-order chi connectivity index (χ1) is 16.6. The van der Waals surface area contributed by atoms with Gasteiger partial charge in [-0.25, -0.2) is 5.43 Å². The van der Waals surface area contributed by atoms with Crippen molar-refractivity contribution in [2.75, 3.05) is 19.8 Å². The van der Waals surface area contributed by atoms with Crippen molar-refractivity contribution in [2.45, 2.75) is 12.8 Å². The molecule has 0 unspecified atom stereocenters. The lowest BCUT2D eigenvalue weighted by molar-refractivity contribution is -0.121. The molecule has 8 heteroatoms. The predicted octanol–water partition coefficient (Wildman–Crippen LogP) is 4.95. The van der Waals surface area contributed by atoms with Gasteiger partial charge in [-0.05, 0) is 60.5 Å². The second-order valence-corrected chi connectivity index (χ2v) is 7.43. The molecule has 0 spiro atoms. The molecule has 174 valence electrons. The number of nitriles is 1. The molecule has 0 aliphatic carbocycles. The summed E-state index contributed by atoms with van der Waals surface area (Å²) in [5.74, 6) is 0.371. The van der Waals surface area contributed by atoms with Crippen LogP contribution in [0, 0.1) is 11.3 Å². The van der Waals surface area contributed by atoms with Crippen molar-refractivity contribution < 1.29 is 19.0 Å². The molecule has 7 nitrogen and oxygen atoms in total. The highest BCUT2D eigenvalue weighted by atomic mass is 35.5. The summed E-state index contributed by atoms with van der Waals surface area (Å²) in [5.41, 5.74) is 3.72. The molecule has 0 aromatic heterocycles. The number of nitrogens with one attached hydrogen (secondary N) is 1. The predicted molar refractivity (Wildman–Crippen MR) is 131 cm³/mol. The van der Waals surface area contributed by atoms with E-state index in [2.05, 4.69) is 10.5 Å². The second kappa shape index (κ2) is 12.9. The molecule has 0 heterocycles. The van der Waals surface area contributed by atoms with E-state index in [1.54, 1.807) is 66.7 Å². The van der Waals surface area contributed by atoms with Crippen molar-refractivity contribution in [3.05, 3.63) is 88.9 Å². The van der Waals surface area contributed by atoms with Crippen LogP contribution in [0.4, 0.5) is 0 Å². The van der Waals surface area contributed by atoms with Crippen LogP contribution >= 0.6 is 11.6 Å². The molecule has 34 heavy (non-hydrogen) atoms. The topological polar surface area (TPSA) is 92.9 Å². The number of nitrogens with zero attached hydrogens (tertiary/aromatic N) is 2. The third-order valence-electron chi connectivity index (χ3n) is 4.60. The SMILES string of the molecule is CCOc1cc(/C=N\NC(=O)[C@@H](C#N)c2ccccc2)ccc1OCCOc1ccc(Cl)cc1. The fourth-order valence-electron chi connectivity index (χ4n) is 3.00. The summed E-state index contributed by atoms with van der Waals surface area (Å²) >= 11 is 5.87. The number of carbonyl (C=O) groups excluding carboxylic acids is 1. The van der Waals surface area contributed by atoms with Crippen LogP contribution in [0.5, 0.6) is 17.2 Å². The number of benzene rings is 3. The molecule has 0 bridgehead atoms. The fraction of sp³-hybridized carbons (Fsp3) is 0.192. The molecule has 0 saturated carbocycles. The average molecular weight is 478 g/mol. The van der Waals surface area contributed by atoms with Gasteiger partial charge in [0.15, 0.2) is 17.4 Å². The number of halogens is 1. The third kappa shape index (κ3) is 7.26. The zero-order chi connectivity index (χ0) is 24.2. The van der Waals surface area contributed by atoms with Crippen molar-refractivity contribution in [1.29, 1.82) is 5.26 Å². The lowest BCUT2D eigenvalue weighted by Crippen LogP contribution is -2.24. The Morgan fingerprint density at radius 2 is 1.76 bits per heavy atom. The van der Waals surface area contributed by atoms with Gasteiger partial charge in [0.05, 0.1) is 18.9 Å². The van der Waals surface area contributed by atoms with E-state index in [0.29, 0.717) is 53.2 Å². The van der Waals surface area contributed by atoms with Gasteiger partial charge in [-0.15, -0.1) is 0 Å². The summed E-state index contributed by atoms with van der Waals surface area (Å²) in [4.78, 5) is 12.3. The first-order valence-electron chi connectivity index (χ1n) is 10.7. The van der Waals surface area contributed by atoms with Crippen LogP contribution in [0.2, 0.25) is 5.02 Å². The van der Waals surface area contributed by atoms with Gasteiger partial charge in [0, 0.05) is 5.02 Å². The van der Waals surface area contributed by atoms with Gasteiger partial charge in [-0.2, -0.15) is 10.4 Å². The fourth-order valence-corrected chi connectivity index (χ4v) is 3.13. The Kier molecular flexibility index (Phi) is 9.32. The van der Waals surface area contributed by atoms with Gasteiger partial charge in [-0.3, -0.25) is 4.79 Å². The Bertz CT molecular complexity index is 1140. The van der Waals surface area contributed by atoms with Gasteiger partial charge >= 0.3 is 0 Å².